The number of hydrogen-bond acceptors (Lipinski definition) is 7. The van der Waals surface area contributed by atoms with Crippen LogP contribution in [0.1, 0.15) is 22.4 Å². The molecule has 0 saturated carbocycles. The van der Waals surface area contributed by atoms with E-state index in [4.69, 9.17) is 0 Å². The van der Waals surface area contributed by atoms with Crippen LogP contribution in [0.4, 0.5) is 11.4 Å². The number of nitriles is 1. The first-order valence-corrected chi connectivity index (χ1v) is 9.57. The fraction of sp³-hybridized carbons (Fsp3) is 0.316. The highest BCUT2D eigenvalue weighted by atomic mass is 32.2. The zero-order valence-corrected chi connectivity index (χ0v) is 16.7. The van der Waals surface area contributed by atoms with Crippen LogP contribution < -0.4 is 10.6 Å². The molecular weight excluding hydrogens is 378 g/mol. The maximum absolute atomic E-state index is 12.0. The van der Waals surface area contributed by atoms with Crippen LogP contribution in [0.15, 0.2) is 29.3 Å². The third-order valence-corrected chi connectivity index (χ3v) is 5.24. The summed E-state index contributed by atoms with van der Waals surface area (Å²) < 4.78 is 0. The Morgan fingerprint density at radius 1 is 1.21 bits per heavy atom. The smallest absolute Gasteiger partial charge is 0.269 e. The van der Waals surface area contributed by atoms with E-state index in [2.05, 4.69) is 21.7 Å². The summed E-state index contributed by atoms with van der Waals surface area (Å²) in [7, 11) is 0. The second-order valence-electron chi connectivity index (χ2n) is 6.11. The fourth-order valence-corrected chi connectivity index (χ4v) is 3.36. The van der Waals surface area contributed by atoms with Gasteiger partial charge >= 0.3 is 0 Å². The Hall–Kier alpha value is -3.12. The largest absolute Gasteiger partial charge is 0.383 e. The van der Waals surface area contributed by atoms with Gasteiger partial charge in [0.15, 0.2) is 0 Å². The number of amides is 1. The molecule has 1 aromatic carbocycles. The van der Waals surface area contributed by atoms with Crippen LogP contribution in [0, 0.1) is 42.2 Å². The van der Waals surface area contributed by atoms with Gasteiger partial charge in [-0.3, -0.25) is 14.9 Å². The summed E-state index contributed by atoms with van der Waals surface area (Å²) in [6, 6.07) is 8.24. The fourth-order valence-electron chi connectivity index (χ4n) is 2.44. The summed E-state index contributed by atoms with van der Waals surface area (Å²) >= 11 is 1.25. The van der Waals surface area contributed by atoms with Crippen molar-refractivity contribution in [1.82, 2.24) is 10.3 Å². The molecule has 0 fully saturated rings. The van der Waals surface area contributed by atoms with Crippen molar-refractivity contribution >= 4 is 29.0 Å². The quantitative estimate of drug-likeness (QED) is 0.303. The van der Waals surface area contributed by atoms with Crippen molar-refractivity contribution in [1.29, 1.82) is 5.26 Å². The maximum Gasteiger partial charge on any atom is 0.269 e. The molecule has 0 unspecified atom stereocenters. The van der Waals surface area contributed by atoms with Crippen molar-refractivity contribution in [2.45, 2.75) is 25.8 Å². The van der Waals surface area contributed by atoms with Gasteiger partial charge in [0.25, 0.3) is 5.69 Å². The molecule has 1 amide bonds. The lowest BCUT2D eigenvalue weighted by molar-refractivity contribution is -0.384. The number of aryl methyl sites for hydroxylation is 1. The normalized spacial score (nSPS) is 10.2. The summed E-state index contributed by atoms with van der Waals surface area (Å²) in [5.41, 5.74) is 4.02. The van der Waals surface area contributed by atoms with Crippen molar-refractivity contribution in [3.8, 4) is 6.07 Å². The lowest BCUT2D eigenvalue weighted by atomic mass is 10.1. The molecule has 2 rings (SSSR count). The molecular formula is C19H21N5O3S. The first-order chi connectivity index (χ1) is 13.3. The molecule has 1 heterocycles. The number of hydrogen-bond donors (Lipinski definition) is 2. The summed E-state index contributed by atoms with van der Waals surface area (Å²) in [4.78, 5) is 26.6. The highest BCUT2D eigenvalue weighted by Crippen LogP contribution is 2.26. The number of non-ortho nitro benzene ring substituents is 1. The first kappa shape index (κ1) is 21.2. The highest BCUT2D eigenvalue weighted by molar-refractivity contribution is 8.00. The Kier molecular flexibility index (Phi) is 7.35. The molecule has 1 aromatic heterocycles. The number of nitrogens with zero attached hydrogens (tertiary/aromatic N) is 3. The zero-order chi connectivity index (χ0) is 20.7. The third kappa shape index (κ3) is 5.44. The summed E-state index contributed by atoms with van der Waals surface area (Å²) in [5.74, 6) is 0.0123. The number of rotatable bonds is 8. The van der Waals surface area contributed by atoms with Crippen LogP contribution >= 0.6 is 11.8 Å². The number of aromatic nitrogens is 1. The van der Waals surface area contributed by atoms with Gasteiger partial charge in [0.05, 0.1) is 16.2 Å². The molecule has 0 bridgehead atoms. The van der Waals surface area contributed by atoms with Gasteiger partial charge in [0.1, 0.15) is 11.1 Å². The molecule has 0 aliphatic carbocycles. The van der Waals surface area contributed by atoms with E-state index in [1.54, 1.807) is 12.1 Å². The minimum Gasteiger partial charge on any atom is -0.383 e. The van der Waals surface area contributed by atoms with Crippen LogP contribution in [0.2, 0.25) is 0 Å². The maximum atomic E-state index is 12.0. The Labute approximate surface area is 167 Å². The van der Waals surface area contributed by atoms with E-state index in [0.717, 1.165) is 22.5 Å². The predicted octanol–water partition coefficient (Wildman–Crippen LogP) is 3.11. The Morgan fingerprint density at radius 3 is 2.50 bits per heavy atom. The van der Waals surface area contributed by atoms with Gasteiger partial charge in [0.2, 0.25) is 5.91 Å². The van der Waals surface area contributed by atoms with E-state index in [9.17, 15) is 20.2 Å². The van der Waals surface area contributed by atoms with Crippen molar-refractivity contribution in [2.24, 2.45) is 0 Å². The molecule has 146 valence electrons. The number of benzene rings is 1. The number of pyridine rings is 1. The van der Waals surface area contributed by atoms with Crippen LogP contribution in [0.25, 0.3) is 0 Å². The number of nitro benzene ring substituents is 1. The lowest BCUT2D eigenvalue weighted by Gasteiger charge is -2.11. The highest BCUT2D eigenvalue weighted by Gasteiger charge is 2.14. The molecule has 0 radical (unpaired) electrons. The number of thioether (sulfide) groups is 1. The molecule has 0 saturated heterocycles. The van der Waals surface area contributed by atoms with Gasteiger partial charge in [-0.2, -0.15) is 5.26 Å². The Morgan fingerprint density at radius 2 is 1.89 bits per heavy atom. The molecule has 0 spiro atoms. The average molecular weight is 399 g/mol. The van der Waals surface area contributed by atoms with E-state index >= 15 is 0 Å². The third-order valence-electron chi connectivity index (χ3n) is 4.27. The number of anilines is 1. The van der Waals surface area contributed by atoms with Crippen LogP contribution in [0.3, 0.4) is 0 Å². The van der Waals surface area contributed by atoms with Crippen LogP contribution in [-0.4, -0.2) is 34.7 Å². The van der Waals surface area contributed by atoms with Crippen molar-refractivity contribution < 1.29 is 9.72 Å². The molecule has 0 aliphatic rings. The van der Waals surface area contributed by atoms with Crippen LogP contribution in [-0.2, 0) is 4.79 Å². The number of nitrogens with one attached hydrogen (secondary N) is 2. The van der Waals surface area contributed by atoms with Crippen molar-refractivity contribution in [3.63, 3.8) is 0 Å². The van der Waals surface area contributed by atoms with E-state index in [-0.39, 0.29) is 17.3 Å². The van der Waals surface area contributed by atoms with E-state index in [0.29, 0.717) is 23.7 Å². The van der Waals surface area contributed by atoms with E-state index < -0.39 is 4.92 Å². The van der Waals surface area contributed by atoms with Crippen LogP contribution in [0.5, 0.6) is 0 Å². The van der Waals surface area contributed by atoms with Crippen molar-refractivity contribution in [3.05, 3.63) is 56.8 Å². The molecule has 2 N–H and O–H groups in total. The predicted molar refractivity (Wildman–Crippen MR) is 108 cm³/mol. The second kappa shape index (κ2) is 9.71. The van der Waals surface area contributed by atoms with Gasteiger partial charge < -0.3 is 10.6 Å². The zero-order valence-electron chi connectivity index (χ0n) is 15.9. The van der Waals surface area contributed by atoms with Gasteiger partial charge in [-0.15, -0.1) is 0 Å². The molecule has 9 heteroatoms. The first-order valence-electron chi connectivity index (χ1n) is 8.59. The average Bonchev–Trinajstić information content (AvgIpc) is 2.68. The van der Waals surface area contributed by atoms with Gasteiger partial charge in [-0.1, -0.05) is 11.8 Å². The van der Waals surface area contributed by atoms with Gasteiger partial charge in [-0.25, -0.2) is 4.98 Å². The SMILES string of the molecule is Cc1nc(SCC(=O)NCCNc2ccc([N+](=O)[O-])cc2)c(C#N)c(C)c1C. The van der Waals surface area contributed by atoms with E-state index in [1.807, 2.05) is 20.8 Å². The van der Waals surface area contributed by atoms with Gasteiger partial charge in [0, 0.05) is 36.6 Å². The lowest BCUT2D eigenvalue weighted by Crippen LogP contribution is -2.30. The number of nitro groups is 1. The second-order valence-corrected chi connectivity index (χ2v) is 7.07. The summed E-state index contributed by atoms with van der Waals surface area (Å²) in [6.45, 7) is 6.59. The minimum atomic E-state index is -0.453. The Balaban J connectivity index is 1.79. The standard InChI is InChI=1S/C19H21N5O3S/c1-12-13(2)17(10-20)19(23-14(12)3)28-11-18(25)22-9-8-21-15-4-6-16(7-5-15)24(26)27/h4-7,21H,8-9,11H2,1-3H3,(H,22,25). The molecule has 28 heavy (non-hydrogen) atoms. The summed E-state index contributed by atoms with van der Waals surface area (Å²) in [5, 5.41) is 26.4. The van der Waals surface area contributed by atoms with Crippen molar-refractivity contribution in [2.75, 3.05) is 24.2 Å². The summed E-state index contributed by atoms with van der Waals surface area (Å²) in [6.07, 6.45) is 0. The number of carbonyl (C=O) groups excluding carboxylic acids is 1. The van der Waals surface area contributed by atoms with Gasteiger partial charge in [-0.05, 0) is 44.0 Å². The topological polar surface area (TPSA) is 121 Å². The molecule has 0 atom stereocenters. The molecule has 2 aromatic rings. The minimum absolute atomic E-state index is 0.0304. The molecule has 8 nitrogen and oxygen atoms in total. The van der Waals surface area contributed by atoms with E-state index in [1.165, 1.54) is 23.9 Å². The molecule has 0 aliphatic heterocycles. The monoisotopic (exact) mass is 399 g/mol. The number of carbonyl (C=O) groups is 1. The Bertz CT molecular complexity index is 923.